The third kappa shape index (κ3) is 3.94. The topological polar surface area (TPSA) is 66.5 Å². The van der Waals surface area contributed by atoms with E-state index < -0.39 is 0 Å². The van der Waals surface area contributed by atoms with E-state index in [1.807, 2.05) is 17.0 Å². The number of nitrogens with one attached hydrogen (secondary N) is 1. The Balaban J connectivity index is 1.76. The van der Waals surface area contributed by atoms with Crippen molar-refractivity contribution in [3.05, 3.63) is 65.2 Å². The number of carbonyl (C=O) groups is 3. The van der Waals surface area contributed by atoms with Gasteiger partial charge in [-0.1, -0.05) is 24.3 Å². The van der Waals surface area contributed by atoms with Crippen molar-refractivity contribution in [2.45, 2.75) is 26.3 Å². The van der Waals surface area contributed by atoms with Crippen molar-refractivity contribution in [2.75, 3.05) is 11.9 Å². The molecule has 2 amide bonds. The van der Waals surface area contributed by atoms with E-state index >= 15 is 0 Å². The SMILES string of the molecule is CC(=O)c1ccccc1NC(=O)c1cccc(CN2CCCC2=O)c1. The number of para-hydroxylation sites is 1. The fraction of sp³-hybridized carbons (Fsp3) is 0.250. The second kappa shape index (κ2) is 7.30. The van der Waals surface area contributed by atoms with Crippen LogP contribution in [0.2, 0.25) is 0 Å². The number of amides is 2. The molecular formula is C20H20N2O3. The van der Waals surface area contributed by atoms with Gasteiger partial charge in [0.25, 0.3) is 5.91 Å². The van der Waals surface area contributed by atoms with Crippen LogP contribution in [0.15, 0.2) is 48.5 Å². The van der Waals surface area contributed by atoms with Gasteiger partial charge in [0.05, 0.1) is 5.69 Å². The molecule has 1 saturated heterocycles. The largest absolute Gasteiger partial charge is 0.338 e. The van der Waals surface area contributed by atoms with Gasteiger partial charge < -0.3 is 10.2 Å². The Labute approximate surface area is 146 Å². The lowest BCUT2D eigenvalue weighted by Gasteiger charge is -2.16. The van der Waals surface area contributed by atoms with Gasteiger partial charge in [-0.15, -0.1) is 0 Å². The van der Waals surface area contributed by atoms with Crippen molar-refractivity contribution in [1.82, 2.24) is 4.90 Å². The van der Waals surface area contributed by atoms with Gasteiger partial charge in [-0.2, -0.15) is 0 Å². The number of ketones is 1. The summed E-state index contributed by atoms with van der Waals surface area (Å²) in [7, 11) is 0. The van der Waals surface area contributed by atoms with Crippen molar-refractivity contribution >= 4 is 23.3 Å². The Hall–Kier alpha value is -2.95. The van der Waals surface area contributed by atoms with Crippen molar-refractivity contribution in [2.24, 2.45) is 0 Å². The molecule has 0 radical (unpaired) electrons. The first-order valence-electron chi connectivity index (χ1n) is 8.32. The first kappa shape index (κ1) is 16.9. The van der Waals surface area contributed by atoms with Crippen LogP contribution in [0.3, 0.4) is 0 Å². The predicted octanol–water partition coefficient (Wildman–Crippen LogP) is 3.26. The van der Waals surface area contributed by atoms with Crippen LogP contribution >= 0.6 is 0 Å². The Morgan fingerprint density at radius 1 is 1.12 bits per heavy atom. The summed E-state index contributed by atoms with van der Waals surface area (Å²) >= 11 is 0. The van der Waals surface area contributed by atoms with E-state index in [1.165, 1.54) is 6.92 Å². The first-order valence-corrected chi connectivity index (χ1v) is 8.32. The van der Waals surface area contributed by atoms with E-state index in [2.05, 4.69) is 5.32 Å². The smallest absolute Gasteiger partial charge is 0.255 e. The number of nitrogens with zero attached hydrogens (tertiary/aromatic N) is 1. The summed E-state index contributed by atoms with van der Waals surface area (Å²) in [6.45, 7) is 2.75. The van der Waals surface area contributed by atoms with Crippen molar-refractivity contribution in [1.29, 1.82) is 0 Å². The van der Waals surface area contributed by atoms with Crippen molar-refractivity contribution in [3.8, 4) is 0 Å². The molecule has 1 heterocycles. The second-order valence-electron chi connectivity index (χ2n) is 6.18. The molecule has 1 aliphatic heterocycles. The van der Waals surface area contributed by atoms with Crippen LogP contribution in [0.1, 0.15) is 46.0 Å². The number of benzene rings is 2. The molecule has 0 aliphatic carbocycles. The molecule has 1 aliphatic rings. The van der Waals surface area contributed by atoms with Crippen LogP contribution in [0.25, 0.3) is 0 Å². The molecule has 3 rings (SSSR count). The zero-order valence-electron chi connectivity index (χ0n) is 14.1. The van der Waals surface area contributed by atoms with Gasteiger partial charge in [0.2, 0.25) is 5.91 Å². The number of hydrogen-bond donors (Lipinski definition) is 1. The van der Waals surface area contributed by atoms with Crippen LogP contribution in [0, 0.1) is 0 Å². The number of Topliss-reactive ketones (excluding diaryl/α,β-unsaturated/α-hetero) is 1. The van der Waals surface area contributed by atoms with Gasteiger partial charge in [-0.3, -0.25) is 14.4 Å². The second-order valence-corrected chi connectivity index (χ2v) is 6.18. The first-order chi connectivity index (χ1) is 12.0. The van der Waals surface area contributed by atoms with Gasteiger partial charge in [0, 0.05) is 30.6 Å². The van der Waals surface area contributed by atoms with Crippen molar-refractivity contribution < 1.29 is 14.4 Å². The average Bonchev–Trinajstić information content (AvgIpc) is 3.00. The third-order valence-corrected chi connectivity index (χ3v) is 4.29. The molecular weight excluding hydrogens is 316 g/mol. The molecule has 5 nitrogen and oxygen atoms in total. The Bertz CT molecular complexity index is 829. The summed E-state index contributed by atoms with van der Waals surface area (Å²) in [5.74, 6) is -0.217. The molecule has 1 N–H and O–H groups in total. The maximum absolute atomic E-state index is 12.5. The van der Waals surface area contributed by atoms with Gasteiger partial charge in [-0.25, -0.2) is 0 Å². The fourth-order valence-electron chi connectivity index (χ4n) is 3.00. The molecule has 0 unspecified atom stereocenters. The standard InChI is InChI=1S/C20H20N2O3/c1-14(23)17-8-2-3-9-18(17)21-20(25)16-7-4-6-15(12-16)13-22-11-5-10-19(22)24/h2-4,6-9,12H,5,10-11,13H2,1H3,(H,21,25). The average molecular weight is 336 g/mol. The summed E-state index contributed by atoms with van der Waals surface area (Å²) in [6, 6.07) is 14.2. The Kier molecular flexibility index (Phi) is 4.93. The van der Waals surface area contributed by atoms with Crippen LogP contribution in [0.5, 0.6) is 0 Å². The minimum atomic E-state index is -0.275. The summed E-state index contributed by atoms with van der Waals surface area (Å²) < 4.78 is 0. The number of anilines is 1. The van der Waals surface area contributed by atoms with E-state index in [0.29, 0.717) is 29.8 Å². The highest BCUT2D eigenvalue weighted by molar-refractivity contribution is 6.09. The molecule has 25 heavy (non-hydrogen) atoms. The number of carbonyl (C=O) groups excluding carboxylic acids is 3. The van der Waals surface area contributed by atoms with Gasteiger partial charge in [-0.05, 0) is 43.2 Å². The normalized spacial score (nSPS) is 13.8. The highest BCUT2D eigenvalue weighted by Gasteiger charge is 2.20. The summed E-state index contributed by atoms with van der Waals surface area (Å²) in [6.07, 6.45) is 1.49. The zero-order valence-corrected chi connectivity index (χ0v) is 14.1. The molecule has 0 atom stereocenters. The summed E-state index contributed by atoms with van der Waals surface area (Å²) in [5, 5.41) is 2.80. The van der Waals surface area contributed by atoms with E-state index in [1.54, 1.807) is 36.4 Å². The molecule has 0 bridgehead atoms. The van der Waals surface area contributed by atoms with Crippen molar-refractivity contribution in [3.63, 3.8) is 0 Å². The van der Waals surface area contributed by atoms with E-state index in [9.17, 15) is 14.4 Å². The zero-order chi connectivity index (χ0) is 17.8. The predicted molar refractivity (Wildman–Crippen MR) is 95.5 cm³/mol. The van der Waals surface area contributed by atoms with E-state index in [-0.39, 0.29) is 17.6 Å². The minimum absolute atomic E-state index is 0.0998. The summed E-state index contributed by atoms with van der Waals surface area (Å²) in [5.41, 5.74) is 2.40. The maximum Gasteiger partial charge on any atom is 0.255 e. The molecule has 5 heteroatoms. The lowest BCUT2D eigenvalue weighted by molar-refractivity contribution is -0.128. The monoisotopic (exact) mass is 336 g/mol. The third-order valence-electron chi connectivity index (χ3n) is 4.29. The molecule has 2 aromatic carbocycles. The fourth-order valence-corrected chi connectivity index (χ4v) is 3.00. The summed E-state index contributed by atoms with van der Waals surface area (Å²) in [4.78, 5) is 37.8. The van der Waals surface area contributed by atoms with E-state index in [4.69, 9.17) is 0 Å². The number of likely N-dealkylation sites (tertiary alicyclic amines) is 1. The quantitative estimate of drug-likeness (QED) is 0.852. The highest BCUT2D eigenvalue weighted by atomic mass is 16.2. The minimum Gasteiger partial charge on any atom is -0.338 e. The van der Waals surface area contributed by atoms with Gasteiger partial charge in [0.1, 0.15) is 0 Å². The van der Waals surface area contributed by atoms with Crippen LogP contribution < -0.4 is 5.32 Å². The molecule has 2 aromatic rings. The highest BCUT2D eigenvalue weighted by Crippen LogP contribution is 2.18. The Morgan fingerprint density at radius 2 is 1.92 bits per heavy atom. The number of hydrogen-bond acceptors (Lipinski definition) is 3. The maximum atomic E-state index is 12.5. The van der Waals surface area contributed by atoms with Gasteiger partial charge >= 0.3 is 0 Å². The van der Waals surface area contributed by atoms with Gasteiger partial charge in [0.15, 0.2) is 5.78 Å². The molecule has 0 aromatic heterocycles. The molecule has 1 fully saturated rings. The van der Waals surface area contributed by atoms with Crippen LogP contribution in [-0.2, 0) is 11.3 Å². The molecule has 0 spiro atoms. The van der Waals surface area contributed by atoms with E-state index in [0.717, 1.165) is 18.5 Å². The van der Waals surface area contributed by atoms with Crippen LogP contribution in [-0.4, -0.2) is 29.0 Å². The molecule has 128 valence electrons. The lowest BCUT2D eigenvalue weighted by atomic mass is 10.1. The molecule has 0 saturated carbocycles. The number of rotatable bonds is 5. The Morgan fingerprint density at radius 3 is 2.64 bits per heavy atom. The lowest BCUT2D eigenvalue weighted by Crippen LogP contribution is -2.24. The van der Waals surface area contributed by atoms with Crippen LogP contribution in [0.4, 0.5) is 5.69 Å².